The second-order valence-electron chi connectivity index (χ2n) is 5.60. The molecule has 2 N–H and O–H groups in total. The minimum atomic E-state index is 0.458. The summed E-state index contributed by atoms with van der Waals surface area (Å²) in [5, 5.41) is 0. The van der Waals surface area contributed by atoms with Gasteiger partial charge >= 0.3 is 0 Å². The van der Waals surface area contributed by atoms with Crippen LogP contribution in [0.1, 0.15) is 30.9 Å². The summed E-state index contributed by atoms with van der Waals surface area (Å²) < 4.78 is 5.24. The molecule has 1 atom stereocenters. The average Bonchev–Trinajstić information content (AvgIpc) is 3.27. The summed E-state index contributed by atoms with van der Waals surface area (Å²) in [6.07, 6.45) is 2.73. The van der Waals surface area contributed by atoms with Gasteiger partial charge in [0.2, 0.25) is 0 Å². The Balaban J connectivity index is 2.00. The molecular weight excluding hydrogens is 268 g/mol. The lowest BCUT2D eigenvalue weighted by atomic mass is 10.1. The number of methoxy groups -OCH3 is 1. The monoisotopic (exact) mass is 292 g/mol. The molecule has 2 rings (SSSR count). The Kier molecular flexibility index (Phi) is 5.52. The van der Waals surface area contributed by atoms with Gasteiger partial charge in [-0.1, -0.05) is 36.5 Å². The number of ether oxygens (including phenoxy) is 1. The molecule has 4 heteroatoms. The number of nitrogens with two attached hydrogens (primary N) is 1. The molecule has 0 bridgehead atoms. The maximum absolute atomic E-state index is 5.63. The molecule has 1 unspecified atom stereocenters. The van der Waals surface area contributed by atoms with Gasteiger partial charge in [0.1, 0.15) is 4.99 Å². The van der Waals surface area contributed by atoms with Crippen molar-refractivity contribution < 1.29 is 4.74 Å². The molecule has 0 saturated heterocycles. The third kappa shape index (κ3) is 4.27. The molecule has 1 aliphatic rings. The van der Waals surface area contributed by atoms with E-state index in [1.54, 1.807) is 7.11 Å². The van der Waals surface area contributed by atoms with Crippen molar-refractivity contribution in [1.29, 1.82) is 0 Å². The molecule has 0 heterocycles. The van der Waals surface area contributed by atoms with E-state index in [0.717, 1.165) is 31.2 Å². The van der Waals surface area contributed by atoms with Crippen LogP contribution in [0.15, 0.2) is 24.3 Å². The predicted molar refractivity (Wildman–Crippen MR) is 86.8 cm³/mol. The first-order chi connectivity index (χ1) is 9.61. The fourth-order valence-electron chi connectivity index (χ4n) is 2.52. The van der Waals surface area contributed by atoms with Gasteiger partial charge in [0, 0.05) is 31.8 Å². The van der Waals surface area contributed by atoms with Gasteiger partial charge in [-0.3, -0.25) is 4.90 Å². The van der Waals surface area contributed by atoms with Gasteiger partial charge in [-0.2, -0.15) is 0 Å². The molecule has 1 fully saturated rings. The normalized spacial score (nSPS) is 16.4. The lowest BCUT2D eigenvalue weighted by Gasteiger charge is -2.29. The van der Waals surface area contributed by atoms with Crippen molar-refractivity contribution in [2.24, 2.45) is 11.7 Å². The molecule has 1 aromatic rings. The summed E-state index contributed by atoms with van der Waals surface area (Å²) in [6, 6.07) is 8.88. The summed E-state index contributed by atoms with van der Waals surface area (Å²) in [5.74, 6) is 0.864. The number of thiocarbonyl (C=S) groups is 1. The smallest absolute Gasteiger partial charge is 0.103 e. The fraction of sp³-hybridized carbons (Fsp3) is 0.562. The van der Waals surface area contributed by atoms with Crippen molar-refractivity contribution in [3.63, 3.8) is 0 Å². The van der Waals surface area contributed by atoms with Crippen molar-refractivity contribution in [2.75, 3.05) is 20.3 Å². The van der Waals surface area contributed by atoms with Crippen molar-refractivity contribution >= 4 is 17.2 Å². The average molecular weight is 292 g/mol. The zero-order valence-corrected chi connectivity index (χ0v) is 13.2. The van der Waals surface area contributed by atoms with E-state index in [0.29, 0.717) is 11.0 Å². The maximum Gasteiger partial charge on any atom is 0.103 e. The quantitative estimate of drug-likeness (QED) is 0.747. The Bertz CT molecular complexity index is 442. The zero-order chi connectivity index (χ0) is 14.5. The van der Waals surface area contributed by atoms with Crippen LogP contribution in [0.4, 0.5) is 0 Å². The fourth-order valence-corrected chi connectivity index (χ4v) is 2.66. The number of rotatable bonds is 8. The van der Waals surface area contributed by atoms with Gasteiger partial charge in [-0.15, -0.1) is 0 Å². The Morgan fingerprint density at radius 1 is 1.40 bits per heavy atom. The Labute approximate surface area is 127 Å². The van der Waals surface area contributed by atoms with E-state index in [2.05, 4.69) is 24.0 Å². The Hall–Kier alpha value is -0.970. The van der Waals surface area contributed by atoms with Gasteiger partial charge in [-0.05, 0) is 31.2 Å². The second-order valence-corrected chi connectivity index (χ2v) is 6.04. The van der Waals surface area contributed by atoms with Gasteiger partial charge in [0.05, 0.1) is 6.61 Å². The molecule has 0 aromatic heterocycles. The van der Waals surface area contributed by atoms with Crippen molar-refractivity contribution in [1.82, 2.24) is 4.90 Å². The molecule has 1 aliphatic carbocycles. The first-order valence-electron chi connectivity index (χ1n) is 7.23. The van der Waals surface area contributed by atoms with Crippen LogP contribution in [0.25, 0.3) is 0 Å². The largest absolute Gasteiger partial charge is 0.389 e. The van der Waals surface area contributed by atoms with Crippen LogP contribution in [-0.2, 0) is 11.3 Å². The number of hydrogen-bond acceptors (Lipinski definition) is 3. The van der Waals surface area contributed by atoms with Crippen LogP contribution in [0.3, 0.4) is 0 Å². The highest BCUT2D eigenvalue weighted by Crippen LogP contribution is 2.35. The molecule has 1 saturated carbocycles. The minimum absolute atomic E-state index is 0.458. The molecule has 20 heavy (non-hydrogen) atoms. The first-order valence-corrected chi connectivity index (χ1v) is 7.64. The van der Waals surface area contributed by atoms with E-state index in [4.69, 9.17) is 22.7 Å². The topological polar surface area (TPSA) is 38.5 Å². The van der Waals surface area contributed by atoms with E-state index in [1.807, 2.05) is 12.1 Å². The highest BCUT2D eigenvalue weighted by molar-refractivity contribution is 7.80. The summed E-state index contributed by atoms with van der Waals surface area (Å²) in [5.41, 5.74) is 7.86. The summed E-state index contributed by atoms with van der Waals surface area (Å²) in [6.45, 7) is 5.04. The highest BCUT2D eigenvalue weighted by atomic mass is 32.1. The molecular formula is C16H24N2OS. The Morgan fingerprint density at radius 2 is 2.05 bits per heavy atom. The van der Waals surface area contributed by atoms with Crippen molar-refractivity contribution in [2.45, 2.75) is 32.4 Å². The zero-order valence-electron chi connectivity index (χ0n) is 12.3. The lowest BCUT2D eigenvalue weighted by molar-refractivity contribution is 0.111. The van der Waals surface area contributed by atoms with Gasteiger partial charge in [0.25, 0.3) is 0 Å². The maximum atomic E-state index is 5.63. The van der Waals surface area contributed by atoms with Gasteiger partial charge in [0.15, 0.2) is 0 Å². The van der Waals surface area contributed by atoms with Gasteiger partial charge < -0.3 is 10.5 Å². The summed E-state index contributed by atoms with van der Waals surface area (Å²) in [4.78, 5) is 2.97. The first kappa shape index (κ1) is 15.4. The van der Waals surface area contributed by atoms with E-state index in [-0.39, 0.29) is 0 Å². The van der Waals surface area contributed by atoms with E-state index >= 15 is 0 Å². The minimum Gasteiger partial charge on any atom is -0.389 e. The third-order valence-electron chi connectivity index (χ3n) is 4.09. The molecule has 0 aliphatic heterocycles. The van der Waals surface area contributed by atoms with Gasteiger partial charge in [-0.25, -0.2) is 0 Å². The van der Waals surface area contributed by atoms with Crippen molar-refractivity contribution in [3.05, 3.63) is 35.4 Å². The Morgan fingerprint density at radius 3 is 2.55 bits per heavy atom. The van der Waals surface area contributed by atoms with Crippen LogP contribution >= 0.6 is 12.2 Å². The van der Waals surface area contributed by atoms with E-state index in [1.165, 1.54) is 18.4 Å². The highest BCUT2D eigenvalue weighted by Gasteiger charge is 2.31. The standard InChI is InChI=1S/C16H24N2OS/c1-12(14-7-8-14)18(9-10-19-2)11-13-3-5-15(6-4-13)16(17)20/h3-6,12,14H,7-11H2,1-2H3,(H2,17,20). The molecule has 0 radical (unpaired) electrons. The molecule has 110 valence electrons. The van der Waals surface area contributed by atoms with Crippen LogP contribution in [0, 0.1) is 5.92 Å². The molecule has 0 spiro atoms. The van der Waals surface area contributed by atoms with Crippen LogP contribution in [-0.4, -0.2) is 36.2 Å². The lowest BCUT2D eigenvalue weighted by Crippen LogP contribution is -2.36. The third-order valence-corrected chi connectivity index (χ3v) is 4.32. The van der Waals surface area contributed by atoms with Crippen LogP contribution in [0.2, 0.25) is 0 Å². The number of hydrogen-bond donors (Lipinski definition) is 1. The SMILES string of the molecule is COCCN(Cc1ccc(C(N)=S)cc1)C(C)C1CC1. The molecule has 3 nitrogen and oxygen atoms in total. The van der Waals surface area contributed by atoms with Crippen LogP contribution < -0.4 is 5.73 Å². The van der Waals surface area contributed by atoms with Crippen LogP contribution in [0.5, 0.6) is 0 Å². The van der Waals surface area contributed by atoms with E-state index < -0.39 is 0 Å². The predicted octanol–water partition coefficient (Wildman–Crippen LogP) is 2.57. The summed E-state index contributed by atoms with van der Waals surface area (Å²) in [7, 11) is 1.76. The number of benzene rings is 1. The molecule has 1 aromatic carbocycles. The molecule has 0 amide bonds. The second kappa shape index (κ2) is 7.16. The number of nitrogens with zero attached hydrogens (tertiary/aromatic N) is 1. The van der Waals surface area contributed by atoms with Crippen molar-refractivity contribution in [3.8, 4) is 0 Å². The summed E-state index contributed by atoms with van der Waals surface area (Å²) >= 11 is 4.99. The van der Waals surface area contributed by atoms with E-state index in [9.17, 15) is 0 Å².